The minimum atomic E-state index is -0.618. The van der Waals surface area contributed by atoms with Crippen LogP contribution in [0.5, 0.6) is 0 Å². The van der Waals surface area contributed by atoms with Crippen LogP contribution in [0.25, 0.3) is 0 Å². The van der Waals surface area contributed by atoms with Crippen LogP contribution in [0.2, 0.25) is 0 Å². The molecule has 4 aromatic carbocycles. The Kier molecular flexibility index (Phi) is 7.24. The lowest BCUT2D eigenvalue weighted by atomic mass is 9.62. The van der Waals surface area contributed by atoms with E-state index in [1.165, 1.54) is 6.92 Å². The van der Waals surface area contributed by atoms with Crippen molar-refractivity contribution in [3.63, 3.8) is 0 Å². The lowest BCUT2D eigenvalue weighted by Gasteiger charge is -2.47. The number of carbonyl (C=O) groups excluding carboxylic acids is 1. The SMILES string of the molecule is CC(=O)OCc1ccc(C(c2ccccc2)(c2ccccc2)C(c2ccc(C#N)cc2)N2C=CNC2)cc1. The van der Waals surface area contributed by atoms with E-state index < -0.39 is 5.41 Å². The van der Waals surface area contributed by atoms with Crippen LogP contribution in [-0.4, -0.2) is 17.5 Å². The van der Waals surface area contributed by atoms with Crippen LogP contribution in [0.15, 0.2) is 122 Å². The average Bonchev–Trinajstić information content (AvgIpc) is 3.50. The molecule has 0 radical (unpaired) electrons. The molecule has 0 saturated carbocycles. The van der Waals surface area contributed by atoms with Crippen LogP contribution >= 0.6 is 0 Å². The molecule has 5 rings (SSSR count). The van der Waals surface area contributed by atoms with Crippen molar-refractivity contribution in [1.82, 2.24) is 10.2 Å². The maximum atomic E-state index is 11.4. The smallest absolute Gasteiger partial charge is 0.302 e. The highest BCUT2D eigenvalue weighted by atomic mass is 16.5. The van der Waals surface area contributed by atoms with Crippen LogP contribution in [0.1, 0.15) is 46.3 Å². The molecule has 0 bridgehead atoms. The van der Waals surface area contributed by atoms with Crippen molar-refractivity contribution in [2.75, 3.05) is 6.67 Å². The average molecular weight is 500 g/mol. The zero-order valence-electron chi connectivity index (χ0n) is 21.2. The number of ether oxygens (including phenoxy) is 1. The molecule has 1 heterocycles. The number of nitrogens with one attached hydrogen (secondary N) is 1. The summed E-state index contributed by atoms with van der Waals surface area (Å²) in [6.07, 6.45) is 4.07. The highest BCUT2D eigenvalue weighted by Crippen LogP contribution is 2.51. The van der Waals surface area contributed by atoms with Gasteiger partial charge in [-0.15, -0.1) is 0 Å². The van der Waals surface area contributed by atoms with Gasteiger partial charge in [0.25, 0.3) is 0 Å². The molecule has 5 nitrogen and oxygen atoms in total. The molecule has 0 amide bonds. The van der Waals surface area contributed by atoms with E-state index in [0.717, 1.165) is 27.8 Å². The Morgan fingerprint density at radius 1 is 0.895 bits per heavy atom. The number of carbonyl (C=O) groups is 1. The van der Waals surface area contributed by atoms with E-state index in [4.69, 9.17) is 4.74 Å². The van der Waals surface area contributed by atoms with E-state index in [1.807, 2.05) is 42.6 Å². The maximum Gasteiger partial charge on any atom is 0.302 e. The van der Waals surface area contributed by atoms with E-state index in [-0.39, 0.29) is 18.6 Å². The molecular formula is C33H29N3O2. The summed E-state index contributed by atoms with van der Waals surface area (Å²) in [6, 6.07) is 39.5. The summed E-state index contributed by atoms with van der Waals surface area (Å²) in [4.78, 5) is 13.7. The molecule has 0 aliphatic carbocycles. The van der Waals surface area contributed by atoms with Gasteiger partial charge in [0, 0.05) is 19.3 Å². The molecule has 1 atom stereocenters. The van der Waals surface area contributed by atoms with E-state index in [2.05, 4.69) is 95.3 Å². The molecule has 4 aromatic rings. The van der Waals surface area contributed by atoms with Crippen LogP contribution in [-0.2, 0) is 21.6 Å². The van der Waals surface area contributed by atoms with Crippen molar-refractivity contribution in [1.29, 1.82) is 5.26 Å². The fourth-order valence-electron chi connectivity index (χ4n) is 5.39. The Bertz CT molecular complexity index is 1400. The third-order valence-electron chi connectivity index (χ3n) is 7.06. The molecule has 0 aromatic heterocycles. The zero-order chi connectivity index (χ0) is 26.4. The van der Waals surface area contributed by atoms with Gasteiger partial charge in [-0.3, -0.25) is 4.79 Å². The van der Waals surface area contributed by atoms with Crippen LogP contribution in [0.4, 0.5) is 0 Å². The molecule has 0 spiro atoms. The maximum absolute atomic E-state index is 11.4. The predicted octanol–water partition coefficient (Wildman–Crippen LogP) is 6.03. The number of rotatable bonds is 8. The summed E-state index contributed by atoms with van der Waals surface area (Å²) in [6.45, 7) is 2.30. The Morgan fingerprint density at radius 2 is 1.47 bits per heavy atom. The van der Waals surface area contributed by atoms with Crippen LogP contribution in [0.3, 0.4) is 0 Å². The topological polar surface area (TPSA) is 65.4 Å². The molecule has 188 valence electrons. The monoisotopic (exact) mass is 499 g/mol. The highest BCUT2D eigenvalue weighted by molar-refractivity contribution is 5.66. The fourth-order valence-corrected chi connectivity index (χ4v) is 5.39. The molecule has 5 heteroatoms. The number of esters is 1. The Hall–Kier alpha value is -4.82. The van der Waals surface area contributed by atoms with Gasteiger partial charge in [0.2, 0.25) is 0 Å². The Balaban J connectivity index is 1.80. The number of hydrogen-bond donors (Lipinski definition) is 1. The summed E-state index contributed by atoms with van der Waals surface area (Å²) in [5.74, 6) is -0.300. The van der Waals surface area contributed by atoms with E-state index in [1.54, 1.807) is 0 Å². The predicted molar refractivity (Wildman–Crippen MR) is 148 cm³/mol. The minimum absolute atomic E-state index is 0.148. The van der Waals surface area contributed by atoms with Crippen molar-refractivity contribution in [2.45, 2.75) is 25.0 Å². The standard InChI is InChI=1S/C33H29N3O2/c1-25(37)38-23-27-14-18-31(19-15-27)33(29-8-4-2-5-9-29,30-10-6-3-7-11-30)32(36-21-20-35-24-36)28-16-12-26(22-34)13-17-28/h2-21,32,35H,23-24H2,1H3. The van der Waals surface area contributed by atoms with Crippen molar-refractivity contribution < 1.29 is 9.53 Å². The molecule has 0 saturated heterocycles. The van der Waals surface area contributed by atoms with Crippen LogP contribution in [0, 0.1) is 11.3 Å². The van der Waals surface area contributed by atoms with Crippen molar-refractivity contribution in [3.8, 4) is 6.07 Å². The third-order valence-corrected chi connectivity index (χ3v) is 7.06. The first-order valence-corrected chi connectivity index (χ1v) is 12.6. The number of hydrogen-bond acceptors (Lipinski definition) is 5. The molecule has 1 N–H and O–H groups in total. The highest BCUT2D eigenvalue weighted by Gasteiger charge is 2.47. The van der Waals surface area contributed by atoms with Gasteiger partial charge < -0.3 is 15.0 Å². The van der Waals surface area contributed by atoms with Crippen LogP contribution < -0.4 is 5.32 Å². The summed E-state index contributed by atoms with van der Waals surface area (Å²) >= 11 is 0. The minimum Gasteiger partial charge on any atom is -0.461 e. The fraction of sp³-hybridized carbons (Fsp3) is 0.152. The first-order valence-electron chi connectivity index (χ1n) is 12.6. The van der Waals surface area contributed by atoms with Gasteiger partial charge in [-0.05, 0) is 39.9 Å². The number of benzene rings is 4. The molecule has 1 unspecified atom stereocenters. The van der Waals surface area contributed by atoms with E-state index in [0.29, 0.717) is 12.2 Å². The number of nitriles is 1. The number of nitrogens with zero attached hydrogens (tertiary/aromatic N) is 2. The van der Waals surface area contributed by atoms with Gasteiger partial charge in [-0.1, -0.05) is 97.1 Å². The second kappa shape index (κ2) is 11.1. The normalized spacial score (nSPS) is 13.4. The van der Waals surface area contributed by atoms with Crippen molar-refractivity contribution in [3.05, 3.63) is 155 Å². The first-order chi connectivity index (χ1) is 18.6. The summed E-state index contributed by atoms with van der Waals surface area (Å²) in [7, 11) is 0. The summed E-state index contributed by atoms with van der Waals surface area (Å²) in [5, 5.41) is 12.8. The Labute approximate surface area is 223 Å². The lowest BCUT2D eigenvalue weighted by Crippen LogP contribution is -2.44. The van der Waals surface area contributed by atoms with Gasteiger partial charge in [-0.25, -0.2) is 0 Å². The molecule has 1 aliphatic heterocycles. The van der Waals surface area contributed by atoms with Gasteiger partial charge >= 0.3 is 5.97 Å². The third kappa shape index (κ3) is 4.77. The van der Waals surface area contributed by atoms with Crippen molar-refractivity contribution in [2.24, 2.45) is 0 Å². The van der Waals surface area contributed by atoms with Gasteiger partial charge in [0.15, 0.2) is 0 Å². The second-order valence-corrected chi connectivity index (χ2v) is 9.35. The van der Waals surface area contributed by atoms with E-state index in [9.17, 15) is 10.1 Å². The lowest BCUT2D eigenvalue weighted by molar-refractivity contribution is -0.142. The molecule has 0 fully saturated rings. The van der Waals surface area contributed by atoms with Gasteiger partial charge in [-0.2, -0.15) is 5.26 Å². The van der Waals surface area contributed by atoms with Crippen molar-refractivity contribution >= 4 is 5.97 Å². The quantitative estimate of drug-likeness (QED) is 0.237. The molecule has 1 aliphatic rings. The molecular weight excluding hydrogens is 470 g/mol. The Morgan fingerprint density at radius 3 is 1.97 bits per heavy atom. The summed E-state index contributed by atoms with van der Waals surface area (Å²) in [5.41, 5.74) is 5.43. The second-order valence-electron chi connectivity index (χ2n) is 9.35. The van der Waals surface area contributed by atoms with Gasteiger partial charge in [0.05, 0.1) is 29.8 Å². The molecule has 38 heavy (non-hydrogen) atoms. The summed E-state index contributed by atoms with van der Waals surface area (Å²) < 4.78 is 5.25. The van der Waals surface area contributed by atoms with E-state index >= 15 is 0 Å². The first kappa shape index (κ1) is 24.9. The largest absolute Gasteiger partial charge is 0.461 e. The van der Waals surface area contributed by atoms with Gasteiger partial charge in [0.1, 0.15) is 6.61 Å². The zero-order valence-corrected chi connectivity index (χ0v) is 21.2.